The summed E-state index contributed by atoms with van der Waals surface area (Å²) in [6, 6.07) is 17.0. The van der Waals surface area contributed by atoms with Crippen molar-refractivity contribution in [2.24, 2.45) is 0 Å². The van der Waals surface area contributed by atoms with Crippen molar-refractivity contribution in [3.8, 4) is 22.8 Å². The molecule has 0 aliphatic carbocycles. The van der Waals surface area contributed by atoms with Gasteiger partial charge < -0.3 is 24.1 Å². The van der Waals surface area contributed by atoms with Gasteiger partial charge in [-0.3, -0.25) is 9.53 Å². The second kappa shape index (κ2) is 12.6. The summed E-state index contributed by atoms with van der Waals surface area (Å²) in [7, 11) is 0. The fraction of sp³-hybridized carbons (Fsp3) is 0.321. The van der Waals surface area contributed by atoms with Crippen LogP contribution in [0.25, 0.3) is 11.3 Å². The van der Waals surface area contributed by atoms with Crippen LogP contribution in [0.4, 0.5) is 0 Å². The van der Waals surface area contributed by atoms with Crippen molar-refractivity contribution in [1.82, 2.24) is 14.7 Å². The summed E-state index contributed by atoms with van der Waals surface area (Å²) in [5, 5.41) is 9.89. The van der Waals surface area contributed by atoms with E-state index in [1.165, 1.54) is 0 Å². The molecule has 0 fully saturated rings. The van der Waals surface area contributed by atoms with Crippen LogP contribution in [-0.4, -0.2) is 27.0 Å². The summed E-state index contributed by atoms with van der Waals surface area (Å²) in [5.41, 5.74) is 4.07. The Kier molecular flexibility index (Phi) is 9.78. The Morgan fingerprint density at radius 2 is 1.68 bits per heavy atom. The van der Waals surface area contributed by atoms with Gasteiger partial charge in [0, 0.05) is 18.5 Å². The smallest absolute Gasteiger partial charge is 0.493 e. The van der Waals surface area contributed by atoms with Gasteiger partial charge >= 0.3 is 35.3 Å². The molecule has 38 heavy (non-hydrogen) atoms. The minimum atomic E-state index is -0.906. The average molecular weight is 528 g/mol. The van der Waals surface area contributed by atoms with Crippen molar-refractivity contribution in [1.29, 1.82) is 0 Å². The summed E-state index contributed by atoms with van der Waals surface area (Å²) in [5.74, 6) is 0.509. The van der Waals surface area contributed by atoms with Gasteiger partial charge in [0.2, 0.25) is 0 Å². The molecule has 0 bridgehead atoms. The van der Waals surface area contributed by atoms with E-state index in [1.54, 1.807) is 38.1 Å². The van der Waals surface area contributed by atoms with Gasteiger partial charge in [-0.2, -0.15) is 0 Å². The molecule has 0 atom stereocenters. The van der Waals surface area contributed by atoms with Crippen molar-refractivity contribution in [2.45, 2.75) is 52.9 Å². The van der Waals surface area contributed by atoms with E-state index in [1.807, 2.05) is 44.2 Å². The zero-order valence-corrected chi connectivity index (χ0v) is 24.4. The summed E-state index contributed by atoms with van der Waals surface area (Å²) >= 11 is 0. The Morgan fingerprint density at radius 1 is 1.00 bits per heavy atom. The fourth-order valence-corrected chi connectivity index (χ4v) is 3.93. The third kappa shape index (κ3) is 7.94. The SMILES string of the molecule is Cc1cc(OCCC(C)(C)O)cc(C)c1-c1cccc(COc2ccc(Cn3oc(=O)[n-]c3=O)cc2)n1.[Na+]. The van der Waals surface area contributed by atoms with E-state index in [-0.39, 0.29) is 42.7 Å². The largest absolute Gasteiger partial charge is 1.00 e. The zero-order valence-electron chi connectivity index (χ0n) is 22.4. The van der Waals surface area contributed by atoms with Gasteiger partial charge in [-0.25, -0.2) is 9.78 Å². The number of pyridine rings is 1. The Bertz CT molecular complexity index is 1460. The Morgan fingerprint density at radius 3 is 2.29 bits per heavy atom. The van der Waals surface area contributed by atoms with Crippen LogP contribution in [0.3, 0.4) is 0 Å². The monoisotopic (exact) mass is 527 g/mol. The molecule has 0 aliphatic heterocycles. The van der Waals surface area contributed by atoms with Crippen molar-refractivity contribution < 1.29 is 48.7 Å². The van der Waals surface area contributed by atoms with E-state index in [4.69, 9.17) is 19.0 Å². The first-order chi connectivity index (χ1) is 17.6. The van der Waals surface area contributed by atoms with Gasteiger partial charge in [0.25, 0.3) is 0 Å². The minimum absolute atomic E-state index is 0. The zero-order chi connectivity index (χ0) is 26.6. The first-order valence-electron chi connectivity index (χ1n) is 12.0. The Balaban J connectivity index is 0.00000400. The van der Waals surface area contributed by atoms with Crippen LogP contribution >= 0.6 is 0 Å². The van der Waals surface area contributed by atoms with Crippen LogP contribution in [0.5, 0.6) is 11.5 Å². The number of aromatic nitrogens is 3. The van der Waals surface area contributed by atoms with Crippen molar-refractivity contribution >= 4 is 0 Å². The molecule has 0 spiro atoms. The molecule has 2 aromatic heterocycles. The molecule has 2 aromatic carbocycles. The number of benzene rings is 2. The van der Waals surface area contributed by atoms with E-state index < -0.39 is 17.0 Å². The van der Waals surface area contributed by atoms with Crippen molar-refractivity contribution in [3.05, 3.63) is 98.0 Å². The molecule has 2 heterocycles. The van der Waals surface area contributed by atoms with Crippen LogP contribution < -0.4 is 55.5 Å². The summed E-state index contributed by atoms with van der Waals surface area (Å²) in [6.07, 6.45) is 0.545. The van der Waals surface area contributed by atoms with Crippen LogP contribution in [0.15, 0.2) is 68.7 Å². The third-order valence-electron chi connectivity index (χ3n) is 5.78. The number of nitrogens with zero attached hydrogens (tertiary/aromatic N) is 3. The molecule has 0 radical (unpaired) electrons. The molecule has 0 amide bonds. The van der Waals surface area contributed by atoms with Gasteiger partial charge in [-0.1, -0.05) is 18.2 Å². The van der Waals surface area contributed by atoms with E-state index in [2.05, 4.69) is 4.98 Å². The maximum absolute atomic E-state index is 11.5. The topological polar surface area (TPSA) is 118 Å². The Hall–Kier alpha value is -3.11. The van der Waals surface area contributed by atoms with Crippen LogP contribution in [0.1, 0.15) is 42.7 Å². The number of ether oxygens (including phenoxy) is 2. The molecule has 4 aromatic rings. The third-order valence-corrected chi connectivity index (χ3v) is 5.78. The van der Waals surface area contributed by atoms with E-state index in [0.717, 1.165) is 44.1 Å². The molecule has 0 saturated heterocycles. The predicted molar refractivity (Wildman–Crippen MR) is 138 cm³/mol. The first kappa shape index (κ1) is 29.4. The molecular weight excluding hydrogens is 497 g/mol. The molecule has 1 N–H and O–H groups in total. The molecule has 9 nitrogen and oxygen atoms in total. The second-order valence-corrected chi connectivity index (χ2v) is 9.58. The molecule has 4 rings (SSSR count). The molecule has 0 unspecified atom stereocenters. The maximum Gasteiger partial charge on any atom is 1.00 e. The van der Waals surface area contributed by atoms with Gasteiger partial charge in [0.15, 0.2) is 5.69 Å². The average Bonchev–Trinajstić information content (AvgIpc) is 3.14. The van der Waals surface area contributed by atoms with Crippen molar-refractivity contribution in [3.63, 3.8) is 0 Å². The number of aryl methyl sites for hydroxylation is 2. The Labute approximate surface area is 242 Å². The minimum Gasteiger partial charge on any atom is -0.493 e. The van der Waals surface area contributed by atoms with Crippen molar-refractivity contribution in [2.75, 3.05) is 6.61 Å². The van der Waals surface area contributed by atoms with E-state index in [0.29, 0.717) is 18.8 Å². The molecule has 0 aliphatic rings. The molecular formula is C28H30N3NaO6. The molecule has 194 valence electrons. The number of rotatable bonds is 10. The maximum atomic E-state index is 11.5. The van der Waals surface area contributed by atoms with Gasteiger partial charge in [-0.05, 0) is 80.8 Å². The summed E-state index contributed by atoms with van der Waals surface area (Å²) in [6.45, 7) is 8.42. The van der Waals surface area contributed by atoms with Gasteiger partial charge in [0.05, 0.1) is 23.6 Å². The number of aliphatic hydroxyl groups is 1. The quantitative estimate of drug-likeness (QED) is 0.298. The normalized spacial score (nSPS) is 11.2. The van der Waals surface area contributed by atoms with E-state index >= 15 is 0 Å². The van der Waals surface area contributed by atoms with E-state index in [9.17, 15) is 14.7 Å². The second-order valence-electron chi connectivity index (χ2n) is 9.58. The van der Waals surface area contributed by atoms with Crippen LogP contribution in [0.2, 0.25) is 0 Å². The molecule has 0 saturated carbocycles. The fourth-order valence-electron chi connectivity index (χ4n) is 3.93. The predicted octanol–water partition coefficient (Wildman–Crippen LogP) is 0.609. The summed E-state index contributed by atoms with van der Waals surface area (Å²) in [4.78, 5) is 30.6. The standard InChI is InChI=1S/C28H31N3O6.Na/c1-18-14-23(35-13-12-28(3,4)34)15-19(2)25(18)24-7-5-6-21(29-24)17-36-22-10-8-20(9-11-22)16-31-26(32)30-27(33)37-31;/h5-11,14-15,34H,12-13,16-17H2,1-4H3,(H,30,32,33);/q;+1/p-1. The van der Waals surface area contributed by atoms with Gasteiger partial charge in [0.1, 0.15) is 18.1 Å². The van der Waals surface area contributed by atoms with Gasteiger partial charge in [-0.15, -0.1) is 0 Å². The summed E-state index contributed by atoms with van der Waals surface area (Å²) < 4.78 is 17.4. The molecule has 10 heteroatoms. The first-order valence-corrected chi connectivity index (χ1v) is 12.0. The number of hydrogen-bond donors (Lipinski definition) is 1. The number of hydrogen-bond acceptors (Lipinski definition) is 7. The van der Waals surface area contributed by atoms with Crippen LogP contribution in [-0.2, 0) is 13.2 Å². The van der Waals surface area contributed by atoms with Crippen LogP contribution in [0, 0.1) is 13.8 Å².